The minimum atomic E-state index is -4.49. The van der Waals surface area contributed by atoms with Gasteiger partial charge in [-0.3, -0.25) is 4.79 Å². The van der Waals surface area contributed by atoms with E-state index in [1.807, 2.05) is 25.1 Å². The molecule has 0 fully saturated rings. The fourth-order valence-corrected chi connectivity index (χ4v) is 3.52. The molecule has 3 aromatic rings. The Balaban J connectivity index is 1.49. The molecular weight excluding hydrogens is 395 g/mol. The lowest BCUT2D eigenvalue weighted by atomic mass is 9.98. The first-order chi connectivity index (χ1) is 14.3. The lowest BCUT2D eigenvalue weighted by Crippen LogP contribution is -2.35. The summed E-state index contributed by atoms with van der Waals surface area (Å²) < 4.78 is 44.9. The number of fused-ring (bicyclic) bond motifs is 1. The number of benzene rings is 2. The second kappa shape index (κ2) is 7.85. The van der Waals surface area contributed by atoms with E-state index < -0.39 is 11.9 Å². The summed E-state index contributed by atoms with van der Waals surface area (Å²) in [7, 11) is 0. The summed E-state index contributed by atoms with van der Waals surface area (Å²) in [5.74, 6) is 0.665. The van der Waals surface area contributed by atoms with E-state index in [4.69, 9.17) is 4.74 Å². The van der Waals surface area contributed by atoms with Gasteiger partial charge >= 0.3 is 6.18 Å². The van der Waals surface area contributed by atoms with Crippen molar-refractivity contribution in [3.63, 3.8) is 0 Å². The zero-order valence-electron chi connectivity index (χ0n) is 16.3. The van der Waals surface area contributed by atoms with Gasteiger partial charge in [-0.1, -0.05) is 6.07 Å². The molecule has 0 aliphatic carbocycles. The molecule has 156 valence electrons. The molecule has 1 aliphatic heterocycles. The second-order valence-corrected chi connectivity index (χ2v) is 7.03. The van der Waals surface area contributed by atoms with Crippen LogP contribution in [0.4, 0.5) is 13.2 Å². The quantitative estimate of drug-likeness (QED) is 0.631. The predicted molar refractivity (Wildman–Crippen MR) is 105 cm³/mol. The van der Waals surface area contributed by atoms with Gasteiger partial charge in [-0.05, 0) is 66.9 Å². The van der Waals surface area contributed by atoms with Crippen LogP contribution in [0.5, 0.6) is 5.75 Å². The maximum absolute atomic E-state index is 12.9. The first-order valence-electron chi connectivity index (χ1n) is 9.62. The summed E-state index contributed by atoms with van der Waals surface area (Å²) >= 11 is 0. The van der Waals surface area contributed by atoms with Crippen LogP contribution in [0.3, 0.4) is 0 Å². The number of alkyl halides is 3. The highest BCUT2D eigenvalue weighted by Gasteiger charge is 2.33. The van der Waals surface area contributed by atoms with E-state index in [9.17, 15) is 18.0 Å². The number of nitrogens with zero attached hydrogens (tertiary/aromatic N) is 3. The maximum Gasteiger partial charge on any atom is 0.435 e. The number of halogens is 3. The number of rotatable bonds is 4. The fourth-order valence-electron chi connectivity index (χ4n) is 3.52. The number of ether oxygens (including phenoxy) is 1. The van der Waals surface area contributed by atoms with Crippen LogP contribution in [0.25, 0.3) is 5.69 Å². The Morgan fingerprint density at radius 2 is 1.87 bits per heavy atom. The largest absolute Gasteiger partial charge is 0.494 e. The van der Waals surface area contributed by atoms with Gasteiger partial charge in [0.15, 0.2) is 5.69 Å². The standard InChI is InChI=1S/C22H20F3N3O2/c1-2-30-19-8-5-15-9-11-27(14-17(15)13-19)21(29)16-3-6-18(7-4-16)28-12-10-20(26-28)22(23,24)25/h3-8,10,12-13H,2,9,11,14H2,1H3. The fraction of sp³-hybridized carbons (Fsp3) is 0.273. The number of carbonyl (C=O) groups is 1. The van der Waals surface area contributed by atoms with Crippen molar-refractivity contribution in [3.05, 3.63) is 77.1 Å². The third kappa shape index (κ3) is 4.03. The average molecular weight is 415 g/mol. The summed E-state index contributed by atoms with van der Waals surface area (Å²) in [6.45, 7) is 3.60. The summed E-state index contributed by atoms with van der Waals surface area (Å²) in [6.07, 6.45) is -2.48. The first-order valence-corrected chi connectivity index (χ1v) is 9.62. The smallest absolute Gasteiger partial charge is 0.435 e. The molecule has 30 heavy (non-hydrogen) atoms. The Labute approximate surface area is 171 Å². The molecule has 5 nitrogen and oxygen atoms in total. The van der Waals surface area contributed by atoms with Crippen LogP contribution in [0.2, 0.25) is 0 Å². The molecule has 1 amide bonds. The first kappa shape index (κ1) is 20.0. The van der Waals surface area contributed by atoms with Gasteiger partial charge < -0.3 is 9.64 Å². The normalized spacial score (nSPS) is 13.8. The van der Waals surface area contributed by atoms with Gasteiger partial charge in [0.05, 0.1) is 12.3 Å². The van der Waals surface area contributed by atoms with Crippen LogP contribution in [0, 0.1) is 0 Å². The van der Waals surface area contributed by atoms with E-state index in [2.05, 4.69) is 5.10 Å². The van der Waals surface area contributed by atoms with E-state index in [-0.39, 0.29) is 5.91 Å². The highest BCUT2D eigenvalue weighted by molar-refractivity contribution is 5.94. The minimum absolute atomic E-state index is 0.120. The lowest BCUT2D eigenvalue weighted by molar-refractivity contribution is -0.141. The van der Waals surface area contributed by atoms with Gasteiger partial charge in [0.25, 0.3) is 5.91 Å². The molecule has 8 heteroatoms. The molecule has 0 bridgehead atoms. The van der Waals surface area contributed by atoms with Crippen molar-refractivity contribution in [1.29, 1.82) is 0 Å². The monoisotopic (exact) mass is 415 g/mol. The Morgan fingerprint density at radius 3 is 2.53 bits per heavy atom. The van der Waals surface area contributed by atoms with Crippen LogP contribution in [-0.4, -0.2) is 33.7 Å². The van der Waals surface area contributed by atoms with Gasteiger partial charge in [0.1, 0.15) is 5.75 Å². The highest BCUT2D eigenvalue weighted by atomic mass is 19.4. The minimum Gasteiger partial charge on any atom is -0.494 e. The number of carbonyl (C=O) groups excluding carboxylic acids is 1. The molecular formula is C22H20F3N3O2. The molecule has 1 aromatic heterocycles. The number of hydrogen-bond donors (Lipinski definition) is 0. The molecule has 0 saturated carbocycles. The third-order valence-electron chi connectivity index (χ3n) is 5.05. The zero-order chi connectivity index (χ0) is 21.3. The summed E-state index contributed by atoms with van der Waals surface area (Å²) in [4.78, 5) is 14.7. The summed E-state index contributed by atoms with van der Waals surface area (Å²) in [6, 6.07) is 13.3. The Bertz CT molecular complexity index is 1060. The van der Waals surface area contributed by atoms with Crippen LogP contribution in [0.1, 0.15) is 34.1 Å². The van der Waals surface area contributed by atoms with Gasteiger partial charge in [0, 0.05) is 24.8 Å². The van der Waals surface area contributed by atoms with E-state index in [1.54, 1.807) is 29.2 Å². The van der Waals surface area contributed by atoms with Crippen LogP contribution >= 0.6 is 0 Å². The molecule has 0 atom stereocenters. The van der Waals surface area contributed by atoms with Gasteiger partial charge in [-0.25, -0.2) is 4.68 Å². The van der Waals surface area contributed by atoms with Crippen molar-refractivity contribution in [2.24, 2.45) is 0 Å². The predicted octanol–water partition coefficient (Wildman–Crippen LogP) is 4.49. The summed E-state index contributed by atoms with van der Waals surface area (Å²) in [5.41, 5.74) is 2.24. The molecule has 0 saturated heterocycles. The molecule has 0 N–H and O–H groups in total. The number of aromatic nitrogens is 2. The van der Waals surface area contributed by atoms with E-state index >= 15 is 0 Å². The van der Waals surface area contributed by atoms with Crippen molar-refractivity contribution >= 4 is 5.91 Å². The Morgan fingerprint density at radius 1 is 1.10 bits per heavy atom. The van der Waals surface area contributed by atoms with Crippen LogP contribution < -0.4 is 4.74 Å². The topological polar surface area (TPSA) is 47.4 Å². The molecule has 0 unspecified atom stereocenters. The van der Waals surface area contributed by atoms with Crippen molar-refractivity contribution < 1.29 is 22.7 Å². The number of hydrogen-bond acceptors (Lipinski definition) is 3. The van der Waals surface area contributed by atoms with E-state index in [1.165, 1.54) is 11.8 Å². The van der Waals surface area contributed by atoms with Gasteiger partial charge in [0.2, 0.25) is 0 Å². The molecule has 1 aliphatic rings. The van der Waals surface area contributed by atoms with Crippen molar-refractivity contribution in [2.45, 2.75) is 26.1 Å². The van der Waals surface area contributed by atoms with E-state index in [0.29, 0.717) is 30.9 Å². The SMILES string of the molecule is CCOc1ccc2c(c1)CN(C(=O)c1ccc(-n3ccc(C(F)(F)F)n3)cc1)CC2. The molecule has 0 radical (unpaired) electrons. The Hall–Kier alpha value is -3.29. The zero-order valence-corrected chi connectivity index (χ0v) is 16.3. The molecule has 2 aromatic carbocycles. The lowest BCUT2D eigenvalue weighted by Gasteiger charge is -2.29. The van der Waals surface area contributed by atoms with Crippen LogP contribution in [-0.2, 0) is 19.1 Å². The van der Waals surface area contributed by atoms with Crippen molar-refractivity contribution in [2.75, 3.05) is 13.2 Å². The summed E-state index contributed by atoms with van der Waals surface area (Å²) in [5, 5.41) is 3.55. The Kier molecular flexibility index (Phi) is 5.24. The molecule has 4 rings (SSSR count). The number of amides is 1. The van der Waals surface area contributed by atoms with E-state index in [0.717, 1.165) is 28.5 Å². The molecule has 2 heterocycles. The average Bonchev–Trinajstić information content (AvgIpc) is 3.24. The maximum atomic E-state index is 12.9. The van der Waals surface area contributed by atoms with Gasteiger partial charge in [-0.15, -0.1) is 0 Å². The van der Waals surface area contributed by atoms with Crippen molar-refractivity contribution in [3.8, 4) is 11.4 Å². The van der Waals surface area contributed by atoms with Gasteiger partial charge in [-0.2, -0.15) is 18.3 Å². The third-order valence-corrected chi connectivity index (χ3v) is 5.05. The van der Waals surface area contributed by atoms with Crippen molar-refractivity contribution in [1.82, 2.24) is 14.7 Å². The second-order valence-electron chi connectivity index (χ2n) is 7.03. The highest BCUT2D eigenvalue weighted by Crippen LogP contribution is 2.28. The molecule has 0 spiro atoms. The van der Waals surface area contributed by atoms with Crippen LogP contribution in [0.15, 0.2) is 54.7 Å².